The van der Waals surface area contributed by atoms with Gasteiger partial charge in [-0.05, 0) is 29.8 Å². The highest BCUT2D eigenvalue weighted by Crippen LogP contribution is 2.31. The van der Waals surface area contributed by atoms with Crippen LogP contribution in [0.5, 0.6) is 0 Å². The predicted octanol–water partition coefficient (Wildman–Crippen LogP) is 4.02. The highest BCUT2D eigenvalue weighted by atomic mass is 16.6. The van der Waals surface area contributed by atoms with Crippen LogP contribution in [0.15, 0.2) is 72.8 Å². The Hall–Kier alpha value is -4.39. The van der Waals surface area contributed by atoms with Gasteiger partial charge in [0.25, 0.3) is 5.69 Å². The van der Waals surface area contributed by atoms with Crippen LogP contribution in [-0.4, -0.2) is 22.4 Å². The molecule has 0 aliphatic heterocycles. The average molecular weight is 398 g/mol. The number of nitro groups is 1. The molecule has 146 valence electrons. The van der Waals surface area contributed by atoms with Crippen molar-refractivity contribution in [1.29, 1.82) is 0 Å². The van der Waals surface area contributed by atoms with Crippen molar-refractivity contribution in [2.45, 2.75) is 0 Å². The predicted molar refractivity (Wildman–Crippen MR) is 111 cm³/mol. The maximum atomic E-state index is 12.9. The third kappa shape index (κ3) is 3.40. The minimum Gasteiger partial charge on any atom is -0.322 e. The lowest BCUT2D eigenvalue weighted by atomic mass is 9.83. The van der Waals surface area contributed by atoms with Gasteiger partial charge >= 0.3 is 0 Å². The standard InChI is InChI=1S/C23H14N2O5/c26-20(13-10-14-8-11-15(12-9-14)25(29)30)24-19-7-3-6-18-21(19)23(28)17-5-2-1-4-16(17)22(18)27/h1-13H,(H,24,26)/b13-10+. The van der Waals surface area contributed by atoms with Crippen LogP contribution < -0.4 is 5.32 Å². The second-order valence-corrected chi connectivity index (χ2v) is 6.60. The van der Waals surface area contributed by atoms with Gasteiger partial charge in [-0.2, -0.15) is 0 Å². The Kier molecular flexibility index (Phi) is 4.77. The third-order valence-corrected chi connectivity index (χ3v) is 4.74. The monoisotopic (exact) mass is 398 g/mol. The van der Waals surface area contributed by atoms with E-state index in [1.54, 1.807) is 42.5 Å². The summed E-state index contributed by atoms with van der Waals surface area (Å²) >= 11 is 0. The fourth-order valence-corrected chi connectivity index (χ4v) is 3.30. The van der Waals surface area contributed by atoms with Crippen molar-refractivity contribution in [1.82, 2.24) is 0 Å². The summed E-state index contributed by atoms with van der Waals surface area (Å²) in [5, 5.41) is 13.3. The first-order valence-corrected chi connectivity index (χ1v) is 9.00. The Morgan fingerprint density at radius 1 is 0.833 bits per heavy atom. The van der Waals surface area contributed by atoms with Crippen LogP contribution in [0, 0.1) is 10.1 Å². The van der Waals surface area contributed by atoms with Gasteiger partial charge in [-0.15, -0.1) is 0 Å². The minimum absolute atomic E-state index is 0.0454. The molecule has 0 saturated heterocycles. The summed E-state index contributed by atoms with van der Waals surface area (Å²) in [6, 6.07) is 17.0. The Morgan fingerprint density at radius 2 is 1.47 bits per heavy atom. The van der Waals surface area contributed by atoms with Crippen LogP contribution in [0.4, 0.5) is 11.4 Å². The van der Waals surface area contributed by atoms with E-state index in [9.17, 15) is 24.5 Å². The van der Waals surface area contributed by atoms with Gasteiger partial charge in [0.2, 0.25) is 5.91 Å². The first-order valence-electron chi connectivity index (χ1n) is 9.00. The number of nitro benzene ring substituents is 1. The number of nitrogens with one attached hydrogen (secondary N) is 1. The molecule has 0 saturated carbocycles. The van der Waals surface area contributed by atoms with Gasteiger partial charge in [0.05, 0.1) is 16.2 Å². The van der Waals surface area contributed by atoms with E-state index in [-0.39, 0.29) is 34.1 Å². The number of fused-ring (bicyclic) bond motifs is 2. The molecule has 1 aliphatic carbocycles. The second-order valence-electron chi connectivity index (χ2n) is 6.60. The fraction of sp³-hybridized carbons (Fsp3) is 0. The normalized spacial score (nSPS) is 12.4. The number of hydrogen-bond acceptors (Lipinski definition) is 5. The van der Waals surface area contributed by atoms with Gasteiger partial charge < -0.3 is 5.32 Å². The lowest BCUT2D eigenvalue weighted by Gasteiger charge is -2.20. The molecule has 0 atom stereocenters. The molecule has 1 N–H and O–H groups in total. The number of amides is 1. The van der Waals surface area contributed by atoms with E-state index in [1.165, 1.54) is 36.4 Å². The van der Waals surface area contributed by atoms with Crippen LogP contribution in [0.1, 0.15) is 37.4 Å². The molecule has 7 heteroatoms. The maximum Gasteiger partial charge on any atom is 0.269 e. The quantitative estimate of drug-likeness (QED) is 0.317. The van der Waals surface area contributed by atoms with Crippen LogP contribution in [0.3, 0.4) is 0 Å². The summed E-state index contributed by atoms with van der Waals surface area (Å²) < 4.78 is 0. The molecule has 0 aromatic heterocycles. The molecule has 1 amide bonds. The van der Waals surface area contributed by atoms with Gasteiger partial charge in [-0.1, -0.05) is 36.4 Å². The summed E-state index contributed by atoms with van der Waals surface area (Å²) in [5.74, 6) is -1.09. The smallest absolute Gasteiger partial charge is 0.269 e. The van der Waals surface area contributed by atoms with Crippen molar-refractivity contribution in [3.8, 4) is 0 Å². The molecule has 1 aliphatic rings. The van der Waals surface area contributed by atoms with E-state index >= 15 is 0 Å². The zero-order valence-corrected chi connectivity index (χ0v) is 15.5. The lowest BCUT2D eigenvalue weighted by molar-refractivity contribution is -0.384. The fourth-order valence-electron chi connectivity index (χ4n) is 3.30. The second kappa shape index (κ2) is 7.56. The number of hydrogen-bond donors (Lipinski definition) is 1. The van der Waals surface area contributed by atoms with E-state index in [0.717, 1.165) is 0 Å². The van der Waals surface area contributed by atoms with Gasteiger partial charge in [0, 0.05) is 34.9 Å². The molecule has 3 aromatic rings. The minimum atomic E-state index is -0.505. The van der Waals surface area contributed by atoms with Crippen molar-refractivity contribution in [3.05, 3.63) is 111 Å². The topological polar surface area (TPSA) is 106 Å². The Morgan fingerprint density at radius 3 is 2.13 bits per heavy atom. The van der Waals surface area contributed by atoms with Crippen molar-refractivity contribution in [2.24, 2.45) is 0 Å². The molecule has 0 radical (unpaired) electrons. The molecule has 0 fully saturated rings. The van der Waals surface area contributed by atoms with Gasteiger partial charge in [0.15, 0.2) is 11.6 Å². The molecular formula is C23H14N2O5. The number of anilines is 1. The Balaban J connectivity index is 1.59. The maximum absolute atomic E-state index is 12.9. The van der Waals surface area contributed by atoms with Crippen LogP contribution in [-0.2, 0) is 4.79 Å². The third-order valence-electron chi connectivity index (χ3n) is 4.74. The van der Waals surface area contributed by atoms with Crippen molar-refractivity contribution in [2.75, 3.05) is 5.32 Å². The van der Waals surface area contributed by atoms with E-state index in [0.29, 0.717) is 16.7 Å². The SMILES string of the molecule is O=C(/C=C/c1ccc([N+](=O)[O-])cc1)Nc1cccc2c1C(=O)c1ccccc1C2=O. The summed E-state index contributed by atoms with van der Waals surface area (Å²) in [6.45, 7) is 0. The van der Waals surface area contributed by atoms with Crippen LogP contribution in [0.25, 0.3) is 6.08 Å². The lowest BCUT2D eigenvalue weighted by Crippen LogP contribution is -2.23. The first kappa shape index (κ1) is 18.9. The Labute approximate surface area is 170 Å². The molecule has 4 rings (SSSR count). The number of non-ortho nitro benzene ring substituents is 1. The summed E-state index contributed by atoms with van der Waals surface area (Å²) in [6.07, 6.45) is 2.75. The highest BCUT2D eigenvalue weighted by Gasteiger charge is 2.31. The largest absolute Gasteiger partial charge is 0.322 e. The molecule has 30 heavy (non-hydrogen) atoms. The molecule has 7 nitrogen and oxygen atoms in total. The zero-order valence-electron chi connectivity index (χ0n) is 15.5. The first-order chi connectivity index (χ1) is 14.5. The van der Waals surface area contributed by atoms with Gasteiger partial charge in [-0.3, -0.25) is 24.5 Å². The number of nitrogens with zero attached hydrogens (tertiary/aromatic N) is 1. The molecular weight excluding hydrogens is 384 g/mol. The molecule has 0 unspecified atom stereocenters. The summed E-state index contributed by atoms with van der Waals surface area (Å²) in [4.78, 5) is 48.3. The van der Waals surface area contributed by atoms with Crippen LogP contribution in [0.2, 0.25) is 0 Å². The molecule has 0 spiro atoms. The summed E-state index contributed by atoms with van der Waals surface area (Å²) in [5.41, 5.74) is 1.87. The highest BCUT2D eigenvalue weighted by molar-refractivity contribution is 6.30. The number of carbonyl (C=O) groups is 3. The molecule has 0 bridgehead atoms. The van der Waals surface area contributed by atoms with E-state index in [4.69, 9.17) is 0 Å². The summed E-state index contributed by atoms with van der Waals surface area (Å²) in [7, 11) is 0. The van der Waals surface area contributed by atoms with Crippen molar-refractivity contribution < 1.29 is 19.3 Å². The number of ketones is 2. The van der Waals surface area contributed by atoms with Gasteiger partial charge in [0.1, 0.15) is 0 Å². The van der Waals surface area contributed by atoms with E-state index in [2.05, 4.69) is 5.32 Å². The molecule has 3 aromatic carbocycles. The van der Waals surface area contributed by atoms with E-state index < -0.39 is 10.8 Å². The van der Waals surface area contributed by atoms with Crippen molar-refractivity contribution in [3.63, 3.8) is 0 Å². The zero-order chi connectivity index (χ0) is 21.3. The number of carbonyl (C=O) groups excluding carboxylic acids is 3. The molecule has 0 heterocycles. The average Bonchev–Trinajstić information content (AvgIpc) is 2.76. The van der Waals surface area contributed by atoms with Crippen LogP contribution >= 0.6 is 0 Å². The number of rotatable bonds is 4. The van der Waals surface area contributed by atoms with E-state index in [1.807, 2.05) is 0 Å². The Bertz CT molecular complexity index is 1240. The van der Waals surface area contributed by atoms with Gasteiger partial charge in [-0.25, -0.2) is 0 Å². The van der Waals surface area contributed by atoms with Crippen molar-refractivity contribution >= 4 is 34.9 Å². The number of benzene rings is 3.